The van der Waals surface area contributed by atoms with E-state index >= 15 is 0 Å². The summed E-state index contributed by atoms with van der Waals surface area (Å²) in [6, 6.07) is 6.38. The lowest BCUT2D eigenvalue weighted by molar-refractivity contribution is -0.0115. The highest BCUT2D eigenvalue weighted by molar-refractivity contribution is 5.45. The predicted octanol–water partition coefficient (Wildman–Crippen LogP) is 3.51. The smallest absolute Gasteiger partial charge is 0.127 e. The van der Waals surface area contributed by atoms with E-state index in [9.17, 15) is 0 Å². The molecule has 2 N–H and O–H groups in total. The van der Waals surface area contributed by atoms with E-state index in [1.54, 1.807) is 0 Å². The van der Waals surface area contributed by atoms with Gasteiger partial charge in [-0.2, -0.15) is 0 Å². The van der Waals surface area contributed by atoms with Crippen molar-refractivity contribution in [2.75, 3.05) is 19.6 Å². The van der Waals surface area contributed by atoms with Gasteiger partial charge < -0.3 is 15.4 Å². The molecule has 2 aliphatic heterocycles. The van der Waals surface area contributed by atoms with Gasteiger partial charge in [0.1, 0.15) is 11.4 Å². The zero-order valence-corrected chi connectivity index (χ0v) is 14.4. The molecule has 122 valence electrons. The van der Waals surface area contributed by atoms with Crippen molar-refractivity contribution in [3.05, 3.63) is 29.3 Å². The Labute approximate surface area is 134 Å². The topological polar surface area (TPSA) is 38.5 Å². The number of para-hydroxylation sites is 1. The summed E-state index contributed by atoms with van der Waals surface area (Å²) in [5.41, 5.74) is 8.81. The van der Waals surface area contributed by atoms with Crippen LogP contribution in [0, 0.1) is 18.8 Å². The molecule has 3 nitrogen and oxygen atoms in total. The van der Waals surface area contributed by atoms with Gasteiger partial charge in [-0.1, -0.05) is 25.1 Å². The minimum atomic E-state index is -0.221. The van der Waals surface area contributed by atoms with Gasteiger partial charge >= 0.3 is 0 Å². The average molecular weight is 302 g/mol. The van der Waals surface area contributed by atoms with Crippen LogP contribution in [0.2, 0.25) is 0 Å². The third-order valence-corrected chi connectivity index (χ3v) is 5.62. The third kappa shape index (κ3) is 2.89. The number of ether oxygens (including phenoxy) is 1. The lowest BCUT2D eigenvalue weighted by Gasteiger charge is -2.46. The van der Waals surface area contributed by atoms with E-state index in [-0.39, 0.29) is 11.6 Å². The average Bonchev–Trinajstić information content (AvgIpc) is 2.46. The van der Waals surface area contributed by atoms with Crippen molar-refractivity contribution >= 4 is 0 Å². The van der Waals surface area contributed by atoms with E-state index in [1.165, 1.54) is 37.1 Å². The van der Waals surface area contributed by atoms with Crippen molar-refractivity contribution in [1.29, 1.82) is 0 Å². The van der Waals surface area contributed by atoms with E-state index < -0.39 is 0 Å². The van der Waals surface area contributed by atoms with Gasteiger partial charge in [-0.25, -0.2) is 0 Å². The predicted molar refractivity (Wildman–Crippen MR) is 91.1 cm³/mol. The highest BCUT2D eigenvalue weighted by Crippen LogP contribution is 2.44. The number of hydrogen-bond acceptors (Lipinski definition) is 3. The fraction of sp³-hybridized carbons (Fsp3) is 0.684. The SMILES string of the molecule is Cc1cccc2c1OC(C)(C)C(CN1CCC(C)CC1)C2N. The molecule has 0 aliphatic carbocycles. The van der Waals surface area contributed by atoms with E-state index in [2.05, 4.69) is 50.8 Å². The number of nitrogens with zero attached hydrogens (tertiary/aromatic N) is 1. The van der Waals surface area contributed by atoms with E-state index in [1.807, 2.05) is 0 Å². The Morgan fingerprint density at radius 1 is 1.27 bits per heavy atom. The van der Waals surface area contributed by atoms with Crippen molar-refractivity contribution in [3.63, 3.8) is 0 Å². The molecule has 0 bridgehead atoms. The lowest BCUT2D eigenvalue weighted by Crippen LogP contribution is -2.52. The first kappa shape index (κ1) is 15.8. The molecule has 0 radical (unpaired) electrons. The lowest BCUT2D eigenvalue weighted by atomic mass is 9.77. The molecule has 0 saturated carbocycles. The number of rotatable bonds is 2. The molecule has 0 amide bonds. The van der Waals surface area contributed by atoms with Crippen molar-refractivity contribution in [1.82, 2.24) is 4.90 Å². The summed E-state index contributed by atoms with van der Waals surface area (Å²) in [5.74, 6) is 2.20. The first-order chi connectivity index (χ1) is 10.4. The zero-order chi connectivity index (χ0) is 15.9. The van der Waals surface area contributed by atoms with Crippen LogP contribution in [0.3, 0.4) is 0 Å². The summed E-state index contributed by atoms with van der Waals surface area (Å²) in [7, 11) is 0. The van der Waals surface area contributed by atoms with Gasteiger partial charge in [-0.3, -0.25) is 0 Å². The Bertz CT molecular complexity index is 532. The number of nitrogens with two attached hydrogens (primary N) is 1. The number of hydrogen-bond donors (Lipinski definition) is 1. The van der Waals surface area contributed by atoms with Crippen LogP contribution in [0.1, 0.15) is 50.8 Å². The maximum absolute atomic E-state index is 6.67. The molecule has 1 fully saturated rings. The van der Waals surface area contributed by atoms with Crippen LogP contribution in [0.5, 0.6) is 5.75 Å². The normalized spacial score (nSPS) is 29.0. The summed E-state index contributed by atoms with van der Waals surface area (Å²) in [6.45, 7) is 12.3. The first-order valence-corrected chi connectivity index (χ1v) is 8.65. The summed E-state index contributed by atoms with van der Waals surface area (Å²) in [5, 5.41) is 0. The maximum Gasteiger partial charge on any atom is 0.127 e. The summed E-state index contributed by atoms with van der Waals surface area (Å²) >= 11 is 0. The number of aryl methyl sites for hydroxylation is 1. The van der Waals surface area contributed by atoms with Crippen LogP contribution < -0.4 is 10.5 Å². The Hall–Kier alpha value is -1.06. The van der Waals surface area contributed by atoms with Gasteiger partial charge in [0.2, 0.25) is 0 Å². The standard InChI is InChI=1S/C19H30N2O/c1-13-8-10-21(11-9-13)12-16-17(20)15-7-5-6-14(2)18(15)22-19(16,3)4/h5-7,13,16-17H,8-12,20H2,1-4H3. The van der Waals surface area contributed by atoms with Crippen LogP contribution in [-0.2, 0) is 0 Å². The minimum Gasteiger partial charge on any atom is -0.487 e. The second kappa shape index (κ2) is 5.86. The fourth-order valence-electron chi connectivity index (χ4n) is 3.92. The molecule has 3 heteroatoms. The zero-order valence-electron chi connectivity index (χ0n) is 14.4. The number of piperidine rings is 1. The Balaban J connectivity index is 1.82. The van der Waals surface area contributed by atoms with Crippen molar-refractivity contribution < 1.29 is 4.74 Å². The highest BCUT2D eigenvalue weighted by atomic mass is 16.5. The molecular formula is C19H30N2O. The van der Waals surface area contributed by atoms with Crippen LogP contribution in [0.25, 0.3) is 0 Å². The molecule has 1 saturated heterocycles. The molecule has 2 aliphatic rings. The highest BCUT2D eigenvalue weighted by Gasteiger charge is 2.43. The fourth-order valence-corrected chi connectivity index (χ4v) is 3.92. The van der Waals surface area contributed by atoms with Crippen molar-refractivity contribution in [3.8, 4) is 5.75 Å². The molecule has 3 rings (SSSR count). The minimum absolute atomic E-state index is 0.0537. The summed E-state index contributed by atoms with van der Waals surface area (Å²) in [6.07, 6.45) is 2.61. The molecule has 1 aromatic carbocycles. The van der Waals surface area contributed by atoms with Crippen LogP contribution in [-0.4, -0.2) is 30.1 Å². The number of fused-ring (bicyclic) bond motifs is 1. The quantitative estimate of drug-likeness (QED) is 0.908. The Morgan fingerprint density at radius 3 is 2.64 bits per heavy atom. The maximum atomic E-state index is 6.67. The molecule has 0 spiro atoms. The van der Waals surface area contributed by atoms with Gasteiger partial charge in [-0.05, 0) is 58.2 Å². The molecule has 2 atom stereocenters. The number of benzene rings is 1. The van der Waals surface area contributed by atoms with Crippen LogP contribution in [0.15, 0.2) is 18.2 Å². The van der Waals surface area contributed by atoms with Gasteiger partial charge in [0.25, 0.3) is 0 Å². The Kier molecular flexibility index (Phi) is 4.21. The number of likely N-dealkylation sites (tertiary alicyclic amines) is 1. The Morgan fingerprint density at radius 2 is 1.95 bits per heavy atom. The van der Waals surface area contributed by atoms with E-state index in [0.29, 0.717) is 5.92 Å². The van der Waals surface area contributed by atoms with Gasteiger partial charge in [0.15, 0.2) is 0 Å². The monoisotopic (exact) mass is 302 g/mol. The molecule has 22 heavy (non-hydrogen) atoms. The molecule has 0 aromatic heterocycles. The van der Waals surface area contributed by atoms with Gasteiger partial charge in [0, 0.05) is 24.1 Å². The molecule has 2 unspecified atom stereocenters. The second-order valence-electron chi connectivity index (χ2n) is 7.81. The van der Waals surface area contributed by atoms with Crippen molar-refractivity contribution in [2.24, 2.45) is 17.6 Å². The van der Waals surface area contributed by atoms with E-state index in [4.69, 9.17) is 10.5 Å². The molecular weight excluding hydrogens is 272 g/mol. The summed E-state index contributed by atoms with van der Waals surface area (Å²) < 4.78 is 6.39. The summed E-state index contributed by atoms with van der Waals surface area (Å²) in [4.78, 5) is 2.58. The largest absolute Gasteiger partial charge is 0.487 e. The van der Waals surface area contributed by atoms with Gasteiger partial charge in [-0.15, -0.1) is 0 Å². The molecule has 1 aromatic rings. The second-order valence-corrected chi connectivity index (χ2v) is 7.81. The van der Waals surface area contributed by atoms with Crippen LogP contribution in [0.4, 0.5) is 0 Å². The van der Waals surface area contributed by atoms with Crippen molar-refractivity contribution in [2.45, 2.75) is 52.2 Å². The van der Waals surface area contributed by atoms with Gasteiger partial charge in [0.05, 0.1) is 0 Å². The first-order valence-electron chi connectivity index (χ1n) is 8.65. The van der Waals surface area contributed by atoms with Crippen LogP contribution >= 0.6 is 0 Å². The van der Waals surface area contributed by atoms with E-state index in [0.717, 1.165) is 18.2 Å². The molecule has 2 heterocycles. The third-order valence-electron chi connectivity index (χ3n) is 5.62.